The lowest BCUT2D eigenvalue weighted by molar-refractivity contribution is 0.0939. The van der Waals surface area contributed by atoms with Crippen molar-refractivity contribution in [2.45, 2.75) is 17.9 Å². The number of rotatable bonds is 9. The molecule has 0 aliphatic carbocycles. The van der Waals surface area contributed by atoms with Crippen LogP contribution in [0.3, 0.4) is 0 Å². The Morgan fingerprint density at radius 3 is 2.54 bits per heavy atom. The molecule has 0 saturated heterocycles. The Bertz CT molecular complexity index is 934. The van der Waals surface area contributed by atoms with Gasteiger partial charge in [-0.3, -0.25) is 4.79 Å². The van der Waals surface area contributed by atoms with E-state index in [1.165, 1.54) is 32.4 Å². The molecule has 28 heavy (non-hydrogen) atoms. The van der Waals surface area contributed by atoms with Crippen LogP contribution in [0, 0.1) is 0 Å². The summed E-state index contributed by atoms with van der Waals surface area (Å²) in [7, 11) is -1.04. The van der Waals surface area contributed by atoms with Crippen LogP contribution in [0.2, 0.25) is 5.02 Å². The van der Waals surface area contributed by atoms with Gasteiger partial charge >= 0.3 is 0 Å². The van der Waals surface area contributed by atoms with Gasteiger partial charge in [-0.05, 0) is 36.8 Å². The van der Waals surface area contributed by atoms with Crippen LogP contribution in [-0.2, 0) is 14.8 Å². The number of hydrogen-bond acceptors (Lipinski definition) is 5. The van der Waals surface area contributed by atoms with Crippen molar-refractivity contribution in [2.75, 3.05) is 27.4 Å². The minimum Gasteiger partial charge on any atom is -0.495 e. The summed E-state index contributed by atoms with van der Waals surface area (Å²) in [6, 6.07) is 11.1. The predicted molar refractivity (Wildman–Crippen MR) is 107 cm³/mol. The number of carbonyl (C=O) groups excluding carboxylic acids is 1. The van der Waals surface area contributed by atoms with Crippen LogP contribution in [0.15, 0.2) is 47.4 Å². The molecule has 2 rings (SSSR count). The largest absolute Gasteiger partial charge is 0.495 e. The fourth-order valence-electron chi connectivity index (χ4n) is 2.57. The molecular formula is C19H23ClN2O5S. The van der Waals surface area contributed by atoms with Crippen molar-refractivity contribution in [3.05, 3.63) is 58.6 Å². The van der Waals surface area contributed by atoms with Gasteiger partial charge in [0.1, 0.15) is 10.6 Å². The smallest absolute Gasteiger partial charge is 0.251 e. The second-order valence-corrected chi connectivity index (χ2v) is 8.12. The van der Waals surface area contributed by atoms with Crippen LogP contribution < -0.4 is 14.8 Å². The molecule has 0 spiro atoms. The van der Waals surface area contributed by atoms with E-state index >= 15 is 0 Å². The van der Waals surface area contributed by atoms with E-state index in [4.69, 9.17) is 21.1 Å². The average molecular weight is 427 g/mol. The van der Waals surface area contributed by atoms with Gasteiger partial charge in [0.05, 0.1) is 19.8 Å². The Morgan fingerprint density at radius 1 is 1.18 bits per heavy atom. The minimum absolute atomic E-state index is 0.0992. The van der Waals surface area contributed by atoms with E-state index in [1.807, 2.05) is 12.1 Å². The van der Waals surface area contributed by atoms with Gasteiger partial charge in [-0.25, -0.2) is 13.1 Å². The molecule has 0 aromatic heterocycles. The summed E-state index contributed by atoms with van der Waals surface area (Å²) in [6.07, 6.45) is 0. The molecule has 0 heterocycles. The van der Waals surface area contributed by atoms with E-state index in [2.05, 4.69) is 10.0 Å². The van der Waals surface area contributed by atoms with Crippen LogP contribution in [0.1, 0.15) is 28.9 Å². The fourth-order valence-corrected chi connectivity index (χ4v) is 4.07. The molecule has 152 valence electrons. The maximum atomic E-state index is 12.6. The summed E-state index contributed by atoms with van der Waals surface area (Å²) in [5.74, 6) is -0.288. The number of ether oxygens (including phenoxy) is 2. The number of benzene rings is 2. The summed E-state index contributed by atoms with van der Waals surface area (Å²) in [5, 5.41) is 3.36. The molecule has 0 aliphatic heterocycles. The molecule has 0 bridgehead atoms. The van der Waals surface area contributed by atoms with Crippen LogP contribution in [0.4, 0.5) is 0 Å². The van der Waals surface area contributed by atoms with Gasteiger partial charge in [-0.2, -0.15) is 0 Å². The summed E-state index contributed by atoms with van der Waals surface area (Å²) in [5.41, 5.74) is 0.951. The van der Waals surface area contributed by atoms with Crippen molar-refractivity contribution in [1.82, 2.24) is 10.0 Å². The molecule has 1 amide bonds. The second-order valence-electron chi connectivity index (χ2n) is 5.97. The van der Waals surface area contributed by atoms with Gasteiger partial charge in [-0.1, -0.05) is 29.8 Å². The third kappa shape index (κ3) is 5.45. The molecule has 2 aromatic rings. The molecule has 0 aliphatic rings. The van der Waals surface area contributed by atoms with E-state index in [0.29, 0.717) is 5.02 Å². The quantitative estimate of drug-likeness (QED) is 0.601. The lowest BCUT2D eigenvalue weighted by Gasteiger charge is -2.17. The number of sulfonamides is 1. The van der Waals surface area contributed by atoms with Gasteiger partial charge in [0.25, 0.3) is 5.91 Å². The zero-order valence-corrected chi connectivity index (χ0v) is 17.4. The minimum atomic E-state index is -3.87. The first-order chi connectivity index (χ1) is 13.3. The van der Waals surface area contributed by atoms with Crippen molar-refractivity contribution < 1.29 is 22.7 Å². The zero-order chi connectivity index (χ0) is 20.7. The van der Waals surface area contributed by atoms with Crippen LogP contribution in [-0.4, -0.2) is 41.7 Å². The number of methoxy groups -OCH3 is 2. The molecule has 0 radical (unpaired) electrons. The Kier molecular flexibility index (Phi) is 7.82. The Morgan fingerprint density at radius 2 is 1.89 bits per heavy atom. The molecule has 0 saturated carbocycles. The SMILES string of the molecule is COCCNS(=O)(=O)c1cc(C(=O)NC(C)c2ccccc2Cl)ccc1OC. The topological polar surface area (TPSA) is 93.7 Å². The lowest BCUT2D eigenvalue weighted by atomic mass is 10.1. The highest BCUT2D eigenvalue weighted by Gasteiger charge is 2.22. The summed E-state index contributed by atoms with van der Waals surface area (Å²) < 4.78 is 37.5. The number of amides is 1. The Balaban J connectivity index is 2.26. The first-order valence-corrected chi connectivity index (χ1v) is 10.4. The van der Waals surface area contributed by atoms with Crippen LogP contribution in [0.5, 0.6) is 5.75 Å². The maximum absolute atomic E-state index is 12.6. The third-order valence-corrected chi connectivity index (χ3v) is 5.86. The highest BCUT2D eigenvalue weighted by atomic mass is 35.5. The molecule has 9 heteroatoms. The average Bonchev–Trinajstić information content (AvgIpc) is 2.67. The van der Waals surface area contributed by atoms with E-state index in [-0.39, 0.29) is 35.4 Å². The molecule has 2 N–H and O–H groups in total. The van der Waals surface area contributed by atoms with Gasteiger partial charge in [0, 0.05) is 24.2 Å². The third-order valence-electron chi connectivity index (χ3n) is 4.03. The standard InChI is InChI=1S/C19H23ClN2O5S/c1-13(15-6-4-5-7-16(15)20)22-19(23)14-8-9-17(27-3)18(12-14)28(24,25)21-10-11-26-2/h4-9,12-13,21H,10-11H2,1-3H3,(H,22,23). The highest BCUT2D eigenvalue weighted by molar-refractivity contribution is 7.89. The number of carbonyl (C=O) groups is 1. The van der Waals surface area contributed by atoms with Gasteiger partial charge in [0.15, 0.2) is 0 Å². The molecule has 1 unspecified atom stereocenters. The van der Waals surface area contributed by atoms with Gasteiger partial charge < -0.3 is 14.8 Å². The molecule has 0 fully saturated rings. The number of hydrogen-bond donors (Lipinski definition) is 2. The van der Waals surface area contributed by atoms with E-state index in [1.54, 1.807) is 19.1 Å². The Hall–Kier alpha value is -2.13. The van der Waals surface area contributed by atoms with Gasteiger partial charge in [-0.15, -0.1) is 0 Å². The molecule has 7 nitrogen and oxygen atoms in total. The van der Waals surface area contributed by atoms with E-state index in [0.717, 1.165) is 5.56 Å². The van der Waals surface area contributed by atoms with Crippen LogP contribution >= 0.6 is 11.6 Å². The summed E-state index contributed by atoms with van der Waals surface area (Å²) in [4.78, 5) is 12.5. The zero-order valence-electron chi connectivity index (χ0n) is 15.9. The first-order valence-electron chi connectivity index (χ1n) is 8.52. The van der Waals surface area contributed by atoms with Crippen molar-refractivity contribution in [3.63, 3.8) is 0 Å². The molecule has 2 aromatic carbocycles. The predicted octanol–water partition coefficient (Wildman–Crippen LogP) is 2.76. The Labute approximate surface area is 170 Å². The first kappa shape index (κ1) is 22.2. The van der Waals surface area contributed by atoms with Crippen molar-refractivity contribution in [2.24, 2.45) is 0 Å². The van der Waals surface area contributed by atoms with Crippen molar-refractivity contribution in [1.29, 1.82) is 0 Å². The monoisotopic (exact) mass is 426 g/mol. The molecular weight excluding hydrogens is 404 g/mol. The lowest BCUT2D eigenvalue weighted by Crippen LogP contribution is -2.29. The summed E-state index contributed by atoms with van der Waals surface area (Å²) >= 11 is 6.17. The van der Waals surface area contributed by atoms with Crippen molar-refractivity contribution in [3.8, 4) is 5.75 Å². The van der Waals surface area contributed by atoms with E-state index in [9.17, 15) is 13.2 Å². The van der Waals surface area contributed by atoms with Crippen LogP contribution in [0.25, 0.3) is 0 Å². The maximum Gasteiger partial charge on any atom is 0.251 e. The van der Waals surface area contributed by atoms with Crippen molar-refractivity contribution >= 4 is 27.5 Å². The van der Waals surface area contributed by atoms with Gasteiger partial charge in [0.2, 0.25) is 10.0 Å². The number of halogens is 1. The fraction of sp³-hybridized carbons (Fsp3) is 0.316. The number of nitrogens with one attached hydrogen (secondary N) is 2. The van der Waals surface area contributed by atoms with E-state index < -0.39 is 15.9 Å². The summed E-state index contributed by atoms with van der Waals surface area (Å²) in [6.45, 7) is 2.12. The normalized spacial score (nSPS) is 12.4. The second kappa shape index (κ2) is 9.88. The molecule has 1 atom stereocenters. The highest BCUT2D eigenvalue weighted by Crippen LogP contribution is 2.26.